The van der Waals surface area contributed by atoms with E-state index in [1.54, 1.807) is 6.92 Å². The topological polar surface area (TPSA) is 54.5 Å². The molecule has 0 radical (unpaired) electrons. The van der Waals surface area contributed by atoms with Gasteiger partial charge in [-0.2, -0.15) is 18.3 Å². The van der Waals surface area contributed by atoms with Gasteiger partial charge in [-0.25, -0.2) is 4.98 Å². The molecule has 2 rings (SSSR count). The molecule has 0 atom stereocenters. The largest absolute Gasteiger partial charge is 0.417 e. The van der Waals surface area contributed by atoms with Crippen molar-refractivity contribution in [1.29, 1.82) is 0 Å². The number of nitrogens with one attached hydrogen (secondary N) is 1. The Bertz CT molecular complexity index is 503. The van der Waals surface area contributed by atoms with Crippen molar-refractivity contribution in [2.75, 3.05) is 0 Å². The number of nitrogens with zero attached hydrogens (tertiary/aromatic N) is 3. The van der Waals surface area contributed by atoms with Crippen molar-refractivity contribution in [2.45, 2.75) is 13.1 Å². The fraction of sp³-hybridized carbons (Fsp3) is 0.222. The van der Waals surface area contributed by atoms with E-state index in [4.69, 9.17) is 0 Å². The second kappa shape index (κ2) is 3.58. The van der Waals surface area contributed by atoms with Crippen LogP contribution in [-0.4, -0.2) is 20.2 Å². The van der Waals surface area contributed by atoms with E-state index in [1.165, 1.54) is 0 Å². The number of rotatable bonds is 1. The van der Waals surface area contributed by atoms with Crippen LogP contribution in [0.25, 0.3) is 11.4 Å². The van der Waals surface area contributed by atoms with Crippen LogP contribution >= 0.6 is 0 Å². The van der Waals surface area contributed by atoms with Crippen molar-refractivity contribution >= 4 is 0 Å². The first-order valence-corrected chi connectivity index (χ1v) is 4.39. The van der Waals surface area contributed by atoms with Gasteiger partial charge in [0.05, 0.1) is 11.1 Å². The number of hydrogen-bond acceptors (Lipinski definition) is 3. The summed E-state index contributed by atoms with van der Waals surface area (Å²) in [6.45, 7) is 1.61. The summed E-state index contributed by atoms with van der Waals surface area (Å²) < 4.78 is 37.9. The van der Waals surface area contributed by atoms with Gasteiger partial charge in [-0.1, -0.05) is 0 Å². The highest BCUT2D eigenvalue weighted by Crippen LogP contribution is 2.34. The normalized spacial score (nSPS) is 11.8. The molecule has 0 spiro atoms. The molecule has 84 valence electrons. The molecule has 2 heterocycles. The van der Waals surface area contributed by atoms with Gasteiger partial charge in [0.25, 0.3) is 0 Å². The number of pyridine rings is 1. The molecule has 16 heavy (non-hydrogen) atoms. The Morgan fingerprint density at radius 2 is 2.06 bits per heavy atom. The molecule has 0 aliphatic heterocycles. The first kappa shape index (κ1) is 10.6. The second-order valence-electron chi connectivity index (χ2n) is 3.16. The van der Waals surface area contributed by atoms with Crippen LogP contribution < -0.4 is 0 Å². The lowest BCUT2D eigenvalue weighted by Crippen LogP contribution is -2.07. The fourth-order valence-electron chi connectivity index (χ4n) is 1.28. The molecule has 0 amide bonds. The van der Waals surface area contributed by atoms with Crippen molar-refractivity contribution < 1.29 is 13.2 Å². The van der Waals surface area contributed by atoms with Crippen LogP contribution in [0.2, 0.25) is 0 Å². The number of H-pyrrole nitrogens is 1. The third-order valence-corrected chi connectivity index (χ3v) is 1.96. The molecule has 1 N–H and O–H groups in total. The maximum atomic E-state index is 12.6. The molecule has 4 nitrogen and oxygen atoms in total. The maximum absolute atomic E-state index is 12.6. The summed E-state index contributed by atoms with van der Waals surface area (Å²) >= 11 is 0. The number of aromatic nitrogens is 4. The molecular formula is C9H7F3N4. The minimum Gasteiger partial charge on any atom is -0.264 e. The number of aryl methyl sites for hydroxylation is 1. The van der Waals surface area contributed by atoms with E-state index in [0.717, 1.165) is 18.5 Å². The second-order valence-corrected chi connectivity index (χ2v) is 3.16. The molecule has 0 saturated carbocycles. The van der Waals surface area contributed by atoms with Crippen molar-refractivity contribution in [3.63, 3.8) is 0 Å². The third kappa shape index (κ3) is 1.88. The van der Waals surface area contributed by atoms with Crippen LogP contribution in [-0.2, 0) is 6.18 Å². The van der Waals surface area contributed by atoms with Gasteiger partial charge in [-0.05, 0) is 13.0 Å². The van der Waals surface area contributed by atoms with Crippen molar-refractivity contribution in [3.05, 3.63) is 29.8 Å². The van der Waals surface area contributed by atoms with Gasteiger partial charge in [0.15, 0.2) is 5.82 Å². The first-order chi connectivity index (χ1) is 7.48. The molecule has 2 aromatic heterocycles. The number of hydrogen-bond donors (Lipinski definition) is 1. The average molecular weight is 228 g/mol. The van der Waals surface area contributed by atoms with Crippen molar-refractivity contribution in [3.8, 4) is 11.4 Å². The summed E-state index contributed by atoms with van der Waals surface area (Å²) in [5.74, 6) is 0.449. The number of aromatic amines is 1. The summed E-state index contributed by atoms with van der Waals surface area (Å²) in [6, 6.07) is 0.904. The van der Waals surface area contributed by atoms with Crippen LogP contribution in [0.5, 0.6) is 0 Å². The molecule has 7 heteroatoms. The van der Waals surface area contributed by atoms with Crippen LogP contribution in [0, 0.1) is 6.92 Å². The summed E-state index contributed by atoms with van der Waals surface area (Å²) in [7, 11) is 0. The summed E-state index contributed by atoms with van der Waals surface area (Å²) in [5.41, 5.74) is -0.916. The van der Waals surface area contributed by atoms with E-state index in [0.29, 0.717) is 5.82 Å². The standard InChI is InChI=1S/C9H7F3N4/c1-5-14-8(16-15-5)6-4-13-3-2-7(6)9(10,11)12/h2-4H,1H3,(H,14,15,16). The molecule has 0 unspecified atom stereocenters. The highest BCUT2D eigenvalue weighted by molar-refractivity contribution is 5.59. The van der Waals surface area contributed by atoms with Crippen LogP contribution in [0.3, 0.4) is 0 Å². The molecule has 0 aliphatic carbocycles. The third-order valence-electron chi connectivity index (χ3n) is 1.96. The van der Waals surface area contributed by atoms with Crippen molar-refractivity contribution in [2.24, 2.45) is 0 Å². The highest BCUT2D eigenvalue weighted by atomic mass is 19.4. The summed E-state index contributed by atoms with van der Waals surface area (Å²) in [6.07, 6.45) is -2.25. The molecule has 0 aliphatic rings. The minimum atomic E-state index is -4.44. The van der Waals surface area contributed by atoms with Gasteiger partial charge in [0.2, 0.25) is 0 Å². The zero-order valence-electron chi connectivity index (χ0n) is 8.21. The Morgan fingerprint density at radius 1 is 1.31 bits per heavy atom. The van der Waals surface area contributed by atoms with Crippen LogP contribution in [0.1, 0.15) is 11.4 Å². The Morgan fingerprint density at radius 3 is 2.62 bits per heavy atom. The van der Waals surface area contributed by atoms with Crippen LogP contribution in [0.4, 0.5) is 13.2 Å². The van der Waals surface area contributed by atoms with Gasteiger partial charge >= 0.3 is 6.18 Å². The zero-order valence-corrected chi connectivity index (χ0v) is 8.21. The molecular weight excluding hydrogens is 221 g/mol. The van der Waals surface area contributed by atoms with Crippen LogP contribution in [0.15, 0.2) is 18.5 Å². The zero-order chi connectivity index (χ0) is 11.8. The Balaban J connectivity index is 2.57. The lowest BCUT2D eigenvalue weighted by molar-refractivity contribution is -0.137. The molecule has 0 aromatic carbocycles. The Kier molecular flexibility index (Phi) is 2.37. The SMILES string of the molecule is Cc1nc(-c2cnccc2C(F)(F)F)n[nH]1. The van der Waals surface area contributed by atoms with E-state index < -0.39 is 11.7 Å². The van der Waals surface area contributed by atoms with E-state index in [1.807, 2.05) is 0 Å². The molecule has 0 saturated heterocycles. The highest BCUT2D eigenvalue weighted by Gasteiger charge is 2.34. The van der Waals surface area contributed by atoms with Gasteiger partial charge in [0.1, 0.15) is 5.82 Å². The number of alkyl halides is 3. The van der Waals surface area contributed by atoms with E-state index in [9.17, 15) is 13.2 Å². The molecule has 0 bridgehead atoms. The lowest BCUT2D eigenvalue weighted by atomic mass is 10.1. The van der Waals surface area contributed by atoms with Gasteiger partial charge < -0.3 is 0 Å². The van der Waals surface area contributed by atoms with Gasteiger partial charge in [0, 0.05) is 12.4 Å². The first-order valence-electron chi connectivity index (χ1n) is 4.39. The quantitative estimate of drug-likeness (QED) is 0.813. The lowest BCUT2D eigenvalue weighted by Gasteiger charge is -2.09. The minimum absolute atomic E-state index is 0.00192. The van der Waals surface area contributed by atoms with E-state index in [2.05, 4.69) is 20.2 Å². The predicted octanol–water partition coefficient (Wildman–Crippen LogP) is 2.19. The fourth-order valence-corrected chi connectivity index (χ4v) is 1.28. The van der Waals surface area contributed by atoms with Crippen molar-refractivity contribution in [1.82, 2.24) is 20.2 Å². The Hall–Kier alpha value is -1.92. The summed E-state index contributed by atoms with van der Waals surface area (Å²) in [4.78, 5) is 7.50. The predicted molar refractivity (Wildman–Crippen MR) is 49.4 cm³/mol. The number of halogens is 3. The monoisotopic (exact) mass is 228 g/mol. The molecule has 0 fully saturated rings. The van der Waals surface area contributed by atoms with Gasteiger partial charge in [-0.15, -0.1) is 0 Å². The average Bonchev–Trinajstić information content (AvgIpc) is 2.64. The Labute approximate surface area is 88.6 Å². The smallest absolute Gasteiger partial charge is 0.264 e. The molecule has 2 aromatic rings. The van der Waals surface area contributed by atoms with E-state index >= 15 is 0 Å². The van der Waals surface area contributed by atoms with E-state index in [-0.39, 0.29) is 11.4 Å². The summed E-state index contributed by atoms with van der Waals surface area (Å²) in [5, 5.41) is 6.17. The maximum Gasteiger partial charge on any atom is 0.417 e. The van der Waals surface area contributed by atoms with Gasteiger partial charge in [-0.3, -0.25) is 10.1 Å².